The highest BCUT2D eigenvalue weighted by Crippen LogP contribution is 2.30. The predicted octanol–water partition coefficient (Wildman–Crippen LogP) is 4.27. The van der Waals surface area contributed by atoms with E-state index >= 15 is 0 Å². The number of amides is 2. The van der Waals surface area contributed by atoms with E-state index in [2.05, 4.69) is 10.2 Å². The molecule has 0 bridgehead atoms. The monoisotopic (exact) mass is 399 g/mol. The number of benzene rings is 2. The molecule has 0 radical (unpaired) electrons. The van der Waals surface area contributed by atoms with Crippen molar-refractivity contribution in [3.8, 4) is 0 Å². The first kappa shape index (κ1) is 20.2. The third-order valence-electron chi connectivity index (χ3n) is 5.25. The lowest BCUT2D eigenvalue weighted by Gasteiger charge is -2.37. The summed E-state index contributed by atoms with van der Waals surface area (Å²) in [5.74, 6) is 0.0189. The average molecular weight is 400 g/mol. The van der Waals surface area contributed by atoms with Crippen molar-refractivity contribution < 1.29 is 9.59 Å². The minimum absolute atomic E-state index is 0.161. The molecule has 1 N–H and O–H groups in total. The minimum Gasteiger partial charge on any atom is -0.366 e. The van der Waals surface area contributed by atoms with E-state index in [1.807, 2.05) is 56.0 Å². The normalized spacial score (nSPS) is 14.1. The largest absolute Gasteiger partial charge is 0.366 e. The molecule has 2 aromatic rings. The molecule has 28 heavy (non-hydrogen) atoms. The summed E-state index contributed by atoms with van der Waals surface area (Å²) in [6, 6.07) is 11.2. The van der Waals surface area contributed by atoms with Gasteiger partial charge in [-0.25, -0.2) is 0 Å². The molecule has 1 aliphatic heterocycles. The molecule has 0 aromatic heterocycles. The Morgan fingerprint density at radius 2 is 1.71 bits per heavy atom. The van der Waals surface area contributed by atoms with Crippen LogP contribution in [0.5, 0.6) is 0 Å². The van der Waals surface area contributed by atoms with Crippen molar-refractivity contribution in [3.63, 3.8) is 0 Å². The second-order valence-electron chi connectivity index (χ2n) is 7.14. The van der Waals surface area contributed by atoms with Crippen molar-refractivity contribution in [2.75, 3.05) is 36.4 Å². The number of nitrogens with zero attached hydrogens (tertiary/aromatic N) is 2. The van der Waals surface area contributed by atoms with Crippen molar-refractivity contribution in [3.05, 3.63) is 58.1 Å². The fourth-order valence-electron chi connectivity index (χ4n) is 3.38. The Morgan fingerprint density at radius 1 is 1.00 bits per heavy atom. The molecular weight excluding hydrogens is 374 g/mol. The van der Waals surface area contributed by atoms with Crippen LogP contribution in [0.4, 0.5) is 11.4 Å². The molecule has 148 valence electrons. The topological polar surface area (TPSA) is 52.7 Å². The maximum atomic E-state index is 12.8. The van der Waals surface area contributed by atoms with Crippen LogP contribution in [0.3, 0.4) is 0 Å². The lowest BCUT2D eigenvalue weighted by atomic mass is 10.1. The van der Waals surface area contributed by atoms with Gasteiger partial charge in [0.1, 0.15) is 0 Å². The predicted molar refractivity (Wildman–Crippen MR) is 114 cm³/mol. The van der Waals surface area contributed by atoms with E-state index in [4.69, 9.17) is 11.6 Å². The van der Waals surface area contributed by atoms with Gasteiger partial charge < -0.3 is 15.1 Å². The Bertz CT molecular complexity index is 889. The van der Waals surface area contributed by atoms with Gasteiger partial charge in [-0.05, 0) is 55.3 Å². The van der Waals surface area contributed by atoms with Gasteiger partial charge in [0.15, 0.2) is 0 Å². The van der Waals surface area contributed by atoms with E-state index in [9.17, 15) is 9.59 Å². The van der Waals surface area contributed by atoms with Gasteiger partial charge in [0.25, 0.3) is 5.91 Å². The summed E-state index contributed by atoms with van der Waals surface area (Å²) in [6.07, 6.45) is 0.526. The molecule has 2 aromatic carbocycles. The molecule has 1 aliphatic rings. The molecule has 1 saturated heterocycles. The van der Waals surface area contributed by atoms with Gasteiger partial charge in [-0.15, -0.1) is 0 Å². The molecule has 0 atom stereocenters. The number of hydrogen-bond acceptors (Lipinski definition) is 3. The van der Waals surface area contributed by atoms with E-state index in [1.165, 1.54) is 0 Å². The minimum atomic E-state index is -0.161. The van der Waals surface area contributed by atoms with Gasteiger partial charge >= 0.3 is 0 Å². The van der Waals surface area contributed by atoms with Gasteiger partial charge in [-0.2, -0.15) is 0 Å². The summed E-state index contributed by atoms with van der Waals surface area (Å²) in [6.45, 7) is 8.71. The maximum absolute atomic E-state index is 12.8. The lowest BCUT2D eigenvalue weighted by molar-refractivity contribution is -0.131. The van der Waals surface area contributed by atoms with E-state index in [-0.39, 0.29) is 11.8 Å². The lowest BCUT2D eigenvalue weighted by Crippen LogP contribution is -2.48. The Hall–Kier alpha value is -2.53. The number of carbonyl (C=O) groups excluding carboxylic acids is 2. The quantitative estimate of drug-likeness (QED) is 0.835. The molecule has 0 spiro atoms. The van der Waals surface area contributed by atoms with Crippen LogP contribution in [0.1, 0.15) is 34.8 Å². The van der Waals surface area contributed by atoms with Crippen LogP contribution in [0.25, 0.3) is 0 Å². The van der Waals surface area contributed by atoms with E-state index in [0.717, 1.165) is 29.9 Å². The van der Waals surface area contributed by atoms with Gasteiger partial charge in [-0.3, -0.25) is 9.59 Å². The molecule has 2 amide bonds. The number of piperazine rings is 1. The Kier molecular flexibility index (Phi) is 6.25. The summed E-state index contributed by atoms with van der Waals surface area (Å²) >= 11 is 6.19. The molecule has 6 heteroatoms. The van der Waals surface area contributed by atoms with Crippen LogP contribution < -0.4 is 10.2 Å². The molecule has 1 fully saturated rings. The zero-order valence-corrected chi connectivity index (χ0v) is 17.3. The van der Waals surface area contributed by atoms with E-state index in [0.29, 0.717) is 35.8 Å². The third-order valence-corrected chi connectivity index (χ3v) is 5.49. The second-order valence-corrected chi connectivity index (χ2v) is 7.57. The van der Waals surface area contributed by atoms with Crippen molar-refractivity contribution in [1.29, 1.82) is 0 Å². The first-order chi connectivity index (χ1) is 13.4. The van der Waals surface area contributed by atoms with Crippen LogP contribution in [-0.2, 0) is 4.79 Å². The highest BCUT2D eigenvalue weighted by atomic mass is 35.5. The Balaban J connectivity index is 1.78. The number of hydrogen-bond donors (Lipinski definition) is 1. The highest BCUT2D eigenvalue weighted by molar-refractivity contribution is 6.31. The standard InChI is InChI=1S/C22H26ClN3O2/c1-4-21(27)26-11-9-25(10-12-26)20-8-7-18(23)14-19(20)24-22(28)17-6-5-15(2)16(3)13-17/h5-8,13-14H,4,9-12H2,1-3H3,(H,24,28). The molecule has 5 nitrogen and oxygen atoms in total. The van der Waals surface area contributed by atoms with Gasteiger partial charge in [-0.1, -0.05) is 24.6 Å². The fraction of sp³-hybridized carbons (Fsp3) is 0.364. The summed E-state index contributed by atoms with van der Waals surface area (Å²) in [5.41, 5.74) is 4.46. The average Bonchev–Trinajstić information content (AvgIpc) is 2.69. The van der Waals surface area contributed by atoms with Crippen LogP contribution in [0, 0.1) is 13.8 Å². The fourth-order valence-corrected chi connectivity index (χ4v) is 3.55. The summed E-state index contributed by atoms with van der Waals surface area (Å²) < 4.78 is 0. The van der Waals surface area contributed by atoms with Crippen LogP contribution in [-0.4, -0.2) is 42.9 Å². The maximum Gasteiger partial charge on any atom is 0.255 e. The van der Waals surface area contributed by atoms with E-state index in [1.54, 1.807) is 6.07 Å². The smallest absolute Gasteiger partial charge is 0.255 e. The van der Waals surface area contributed by atoms with Crippen molar-refractivity contribution >= 4 is 34.8 Å². The number of rotatable bonds is 4. The summed E-state index contributed by atoms with van der Waals surface area (Å²) in [5, 5.41) is 3.58. The molecule has 3 rings (SSSR count). The van der Waals surface area contributed by atoms with Gasteiger partial charge in [0.2, 0.25) is 5.91 Å². The zero-order chi connectivity index (χ0) is 20.3. The highest BCUT2D eigenvalue weighted by Gasteiger charge is 2.22. The van der Waals surface area contributed by atoms with Crippen molar-refractivity contribution in [2.24, 2.45) is 0 Å². The van der Waals surface area contributed by atoms with Crippen LogP contribution in [0.15, 0.2) is 36.4 Å². The van der Waals surface area contributed by atoms with E-state index < -0.39 is 0 Å². The number of aryl methyl sites for hydroxylation is 2. The first-order valence-corrected chi connectivity index (χ1v) is 9.97. The molecule has 0 aliphatic carbocycles. The Morgan fingerprint density at radius 3 is 2.36 bits per heavy atom. The first-order valence-electron chi connectivity index (χ1n) is 9.60. The van der Waals surface area contributed by atoms with Crippen molar-refractivity contribution in [2.45, 2.75) is 27.2 Å². The zero-order valence-electron chi connectivity index (χ0n) is 16.6. The van der Waals surface area contributed by atoms with Crippen molar-refractivity contribution in [1.82, 2.24) is 4.90 Å². The van der Waals surface area contributed by atoms with Gasteiger partial charge in [0, 0.05) is 43.2 Å². The Labute approximate surface area is 171 Å². The number of anilines is 2. The number of nitrogens with one attached hydrogen (secondary N) is 1. The second kappa shape index (κ2) is 8.65. The van der Waals surface area contributed by atoms with Gasteiger partial charge in [0.05, 0.1) is 11.4 Å². The third kappa shape index (κ3) is 4.47. The van der Waals surface area contributed by atoms with Crippen LogP contribution >= 0.6 is 11.6 Å². The summed E-state index contributed by atoms with van der Waals surface area (Å²) in [7, 11) is 0. The molecule has 1 heterocycles. The molecule has 0 saturated carbocycles. The summed E-state index contributed by atoms with van der Waals surface area (Å²) in [4.78, 5) is 28.8. The van der Waals surface area contributed by atoms with Crippen LogP contribution in [0.2, 0.25) is 5.02 Å². The molecule has 0 unspecified atom stereocenters. The number of carbonyl (C=O) groups is 2. The SMILES string of the molecule is CCC(=O)N1CCN(c2ccc(Cl)cc2NC(=O)c2ccc(C)c(C)c2)CC1. The molecular formula is C22H26ClN3O2. The number of halogens is 1.